The smallest absolute Gasteiger partial charge is 0.297 e. The molecular formula is C5H10O5S. The van der Waals surface area contributed by atoms with Crippen LogP contribution in [-0.4, -0.2) is 31.3 Å². The molecule has 0 saturated carbocycles. The van der Waals surface area contributed by atoms with E-state index in [1.165, 1.54) is 0 Å². The topological polar surface area (TPSA) is 76.1 Å². The number of hydrogen-bond acceptors (Lipinski definition) is 4. The first-order chi connectivity index (χ1) is 5.05. The van der Waals surface area contributed by atoms with E-state index in [-0.39, 0.29) is 0 Å². The van der Waals surface area contributed by atoms with Gasteiger partial charge in [-0.2, -0.15) is 8.42 Å². The van der Waals surface area contributed by atoms with Crippen LogP contribution < -0.4 is 0 Å². The van der Waals surface area contributed by atoms with E-state index in [2.05, 4.69) is 4.74 Å². The zero-order valence-electron chi connectivity index (χ0n) is 6.06. The third-order valence-electron chi connectivity index (χ3n) is 1.19. The lowest BCUT2D eigenvalue weighted by molar-refractivity contribution is 0.0507. The van der Waals surface area contributed by atoms with Crippen molar-refractivity contribution in [3.63, 3.8) is 0 Å². The van der Waals surface area contributed by atoms with Gasteiger partial charge in [0.1, 0.15) is 0 Å². The summed E-state index contributed by atoms with van der Waals surface area (Å²) in [5.41, 5.74) is -1.16. The van der Waals surface area contributed by atoms with Crippen molar-refractivity contribution in [3.05, 3.63) is 0 Å². The number of rotatable bonds is 4. The molecule has 2 atom stereocenters. The molecule has 0 radical (unpaired) electrons. The molecule has 5 nitrogen and oxygen atoms in total. The van der Waals surface area contributed by atoms with Crippen LogP contribution >= 0.6 is 0 Å². The Hall–Kier alpha value is -0.170. The van der Waals surface area contributed by atoms with Gasteiger partial charge in [0, 0.05) is 6.61 Å². The first-order valence-corrected chi connectivity index (χ1v) is 4.79. The molecule has 1 aliphatic rings. The molecular weight excluding hydrogens is 172 g/mol. The zero-order chi connectivity index (χ0) is 8.48. The molecule has 1 heterocycles. The number of hydrogen-bond donors (Lipinski definition) is 1. The Kier molecular flexibility index (Phi) is 2.48. The van der Waals surface area contributed by atoms with E-state index in [9.17, 15) is 8.42 Å². The van der Waals surface area contributed by atoms with Crippen LogP contribution in [0.3, 0.4) is 0 Å². The quantitative estimate of drug-likeness (QED) is 0.488. The number of epoxide rings is 1. The molecule has 0 aromatic carbocycles. The maximum Gasteiger partial charge on any atom is 0.297 e. The van der Waals surface area contributed by atoms with Gasteiger partial charge in [0.15, 0.2) is 0 Å². The summed E-state index contributed by atoms with van der Waals surface area (Å²) >= 11 is 0. The van der Waals surface area contributed by atoms with Crippen molar-refractivity contribution in [2.24, 2.45) is 0 Å². The van der Waals surface area contributed by atoms with Crippen molar-refractivity contribution in [2.75, 3.05) is 6.61 Å². The van der Waals surface area contributed by atoms with Gasteiger partial charge in [-0.05, 0) is 6.42 Å². The van der Waals surface area contributed by atoms with Gasteiger partial charge in [0.25, 0.3) is 10.1 Å². The van der Waals surface area contributed by atoms with Gasteiger partial charge in [-0.3, -0.25) is 4.55 Å². The summed E-state index contributed by atoms with van der Waals surface area (Å²) in [6.45, 7) is 2.33. The first kappa shape index (κ1) is 8.92. The van der Waals surface area contributed by atoms with E-state index in [1.54, 1.807) is 0 Å². The van der Waals surface area contributed by atoms with Crippen molar-refractivity contribution in [1.82, 2.24) is 0 Å². The molecule has 0 amide bonds. The van der Waals surface area contributed by atoms with Crippen molar-refractivity contribution in [2.45, 2.75) is 25.1 Å². The SMILES string of the molecule is CCCOC1OC1S(=O)(=O)O. The van der Waals surface area contributed by atoms with Gasteiger partial charge in [-0.25, -0.2) is 0 Å². The van der Waals surface area contributed by atoms with Crippen LogP contribution in [0.1, 0.15) is 13.3 Å². The van der Waals surface area contributed by atoms with E-state index in [4.69, 9.17) is 9.29 Å². The predicted molar refractivity (Wildman–Crippen MR) is 36.5 cm³/mol. The minimum Gasteiger partial charge on any atom is -0.349 e. The molecule has 1 fully saturated rings. The molecule has 0 aromatic heterocycles. The van der Waals surface area contributed by atoms with Crippen molar-refractivity contribution in [3.8, 4) is 0 Å². The highest BCUT2D eigenvalue weighted by atomic mass is 32.2. The molecule has 0 aliphatic carbocycles. The van der Waals surface area contributed by atoms with Gasteiger partial charge in [-0.15, -0.1) is 0 Å². The van der Waals surface area contributed by atoms with Gasteiger partial charge < -0.3 is 9.47 Å². The minimum atomic E-state index is -4.06. The Morgan fingerprint density at radius 3 is 2.64 bits per heavy atom. The van der Waals surface area contributed by atoms with Crippen molar-refractivity contribution >= 4 is 10.1 Å². The summed E-state index contributed by atoms with van der Waals surface area (Å²) < 4.78 is 38.4. The van der Waals surface area contributed by atoms with Gasteiger partial charge in [-0.1, -0.05) is 6.92 Å². The van der Waals surface area contributed by atoms with Crippen LogP contribution in [0.25, 0.3) is 0 Å². The largest absolute Gasteiger partial charge is 0.349 e. The minimum absolute atomic E-state index is 0.441. The Balaban J connectivity index is 2.27. The van der Waals surface area contributed by atoms with Crippen LogP contribution in [0, 0.1) is 0 Å². The van der Waals surface area contributed by atoms with E-state index in [0.29, 0.717) is 6.61 Å². The summed E-state index contributed by atoms with van der Waals surface area (Å²) in [6.07, 6.45) is 0.0304. The molecule has 11 heavy (non-hydrogen) atoms. The van der Waals surface area contributed by atoms with Crippen LogP contribution in [-0.2, 0) is 19.6 Å². The molecule has 0 spiro atoms. The second-order valence-corrected chi connectivity index (χ2v) is 3.75. The van der Waals surface area contributed by atoms with Gasteiger partial charge >= 0.3 is 0 Å². The van der Waals surface area contributed by atoms with Crippen molar-refractivity contribution in [1.29, 1.82) is 0 Å². The fraction of sp³-hybridized carbons (Fsp3) is 1.00. The third-order valence-corrected chi connectivity index (χ3v) is 2.11. The summed E-state index contributed by atoms with van der Waals surface area (Å²) in [6, 6.07) is 0. The predicted octanol–water partition coefficient (Wildman–Crippen LogP) is -0.0168. The molecule has 0 bridgehead atoms. The lowest BCUT2D eigenvalue weighted by Crippen LogP contribution is -2.11. The summed E-state index contributed by atoms with van der Waals surface area (Å²) in [7, 11) is -4.06. The third kappa shape index (κ3) is 2.41. The molecule has 1 aliphatic heterocycles. The average molecular weight is 182 g/mol. The highest BCUT2D eigenvalue weighted by Gasteiger charge is 2.50. The maximum absolute atomic E-state index is 10.3. The standard InChI is InChI=1S/C5H10O5S/c1-2-3-9-4-5(10-4)11(6,7)8/h4-5H,2-3H2,1H3,(H,6,7,8). The fourth-order valence-corrected chi connectivity index (χ4v) is 1.26. The Morgan fingerprint density at radius 1 is 1.64 bits per heavy atom. The summed E-state index contributed by atoms with van der Waals surface area (Å²) in [4.78, 5) is 0. The van der Waals surface area contributed by atoms with Crippen LogP contribution in [0.4, 0.5) is 0 Å². The van der Waals surface area contributed by atoms with Crippen LogP contribution in [0.5, 0.6) is 0 Å². The molecule has 0 aromatic rings. The monoisotopic (exact) mass is 182 g/mol. The lowest BCUT2D eigenvalue weighted by atomic mass is 10.5. The normalized spacial score (nSPS) is 30.4. The number of ether oxygens (including phenoxy) is 2. The van der Waals surface area contributed by atoms with Gasteiger partial charge in [0.05, 0.1) is 0 Å². The summed E-state index contributed by atoms with van der Waals surface area (Å²) in [5.74, 6) is 0. The second kappa shape index (κ2) is 3.06. The molecule has 1 rings (SSSR count). The summed E-state index contributed by atoms with van der Waals surface area (Å²) in [5, 5.41) is 0. The first-order valence-electron chi connectivity index (χ1n) is 3.29. The van der Waals surface area contributed by atoms with Gasteiger partial charge in [0.2, 0.25) is 11.7 Å². The van der Waals surface area contributed by atoms with E-state index in [0.717, 1.165) is 6.42 Å². The Morgan fingerprint density at radius 2 is 2.27 bits per heavy atom. The fourth-order valence-electron chi connectivity index (χ4n) is 0.649. The molecule has 2 unspecified atom stereocenters. The maximum atomic E-state index is 10.3. The molecule has 6 heteroatoms. The Labute approximate surface area is 65.0 Å². The van der Waals surface area contributed by atoms with Crippen LogP contribution in [0.15, 0.2) is 0 Å². The van der Waals surface area contributed by atoms with Crippen LogP contribution in [0.2, 0.25) is 0 Å². The lowest BCUT2D eigenvalue weighted by Gasteiger charge is -1.93. The van der Waals surface area contributed by atoms with Crippen molar-refractivity contribution < 1.29 is 22.4 Å². The van der Waals surface area contributed by atoms with E-state index in [1.807, 2.05) is 6.92 Å². The Bertz CT molecular complexity index is 221. The molecule has 66 valence electrons. The molecule has 1 saturated heterocycles. The average Bonchev–Trinajstić information content (AvgIpc) is 2.60. The molecule has 1 N–H and O–H groups in total. The highest BCUT2D eigenvalue weighted by Crippen LogP contribution is 2.27. The highest BCUT2D eigenvalue weighted by molar-refractivity contribution is 7.86. The zero-order valence-corrected chi connectivity index (χ0v) is 6.87. The van der Waals surface area contributed by atoms with E-state index >= 15 is 0 Å². The van der Waals surface area contributed by atoms with E-state index < -0.39 is 21.8 Å². The second-order valence-electron chi connectivity index (χ2n) is 2.26.